The molecular weight excluding hydrogens is 286 g/mol. The summed E-state index contributed by atoms with van der Waals surface area (Å²) < 4.78 is 1.77. The van der Waals surface area contributed by atoms with Crippen LogP contribution in [-0.2, 0) is 0 Å². The fraction of sp³-hybridized carbons (Fsp3) is 0.133. The molecule has 0 atom stereocenters. The van der Waals surface area contributed by atoms with E-state index in [0.717, 1.165) is 22.8 Å². The fourth-order valence-electron chi connectivity index (χ4n) is 1.82. The second-order valence-electron chi connectivity index (χ2n) is 4.37. The zero-order chi connectivity index (χ0) is 15.4. The molecule has 0 bridgehead atoms. The van der Waals surface area contributed by atoms with Crippen LogP contribution in [0.3, 0.4) is 0 Å². The third-order valence-electron chi connectivity index (χ3n) is 2.94. The number of hydrogen-bond donors (Lipinski definition) is 1. The number of benzene rings is 1. The first-order valence-corrected chi connectivity index (χ1v) is 6.53. The standard InChI is InChI=1S/C15H12ClN5/c1-10-15(16)11(2)21(20-10)14-5-3-13(4-6-14)19-9-12(7-17)8-18/h3-6,9,19H,1-2H3. The summed E-state index contributed by atoms with van der Waals surface area (Å²) in [5, 5.41) is 25.2. The quantitative estimate of drug-likeness (QED) is 0.880. The Labute approximate surface area is 127 Å². The van der Waals surface area contributed by atoms with Gasteiger partial charge in [0.1, 0.15) is 17.7 Å². The van der Waals surface area contributed by atoms with E-state index in [1.165, 1.54) is 6.20 Å². The molecule has 5 nitrogen and oxygen atoms in total. The minimum Gasteiger partial charge on any atom is -0.360 e. The topological polar surface area (TPSA) is 77.4 Å². The van der Waals surface area contributed by atoms with Gasteiger partial charge in [0.05, 0.1) is 22.1 Å². The maximum Gasteiger partial charge on any atom is 0.145 e. The van der Waals surface area contributed by atoms with E-state index < -0.39 is 0 Å². The normalized spacial score (nSPS) is 9.57. The second kappa shape index (κ2) is 6.13. The molecule has 2 rings (SSSR count). The average Bonchev–Trinajstić information content (AvgIpc) is 2.76. The van der Waals surface area contributed by atoms with E-state index in [1.807, 2.05) is 38.1 Å². The molecule has 1 heterocycles. The molecule has 0 aliphatic heterocycles. The van der Waals surface area contributed by atoms with Crippen molar-refractivity contribution in [2.45, 2.75) is 13.8 Å². The number of halogens is 1. The predicted molar refractivity (Wildman–Crippen MR) is 81.0 cm³/mol. The number of hydrogen-bond acceptors (Lipinski definition) is 4. The summed E-state index contributed by atoms with van der Waals surface area (Å²) >= 11 is 6.13. The molecule has 0 aliphatic carbocycles. The molecule has 0 saturated carbocycles. The SMILES string of the molecule is Cc1nn(-c2ccc(NC=C(C#N)C#N)cc2)c(C)c1Cl. The predicted octanol–water partition coefficient (Wildman–Crippen LogP) is 3.49. The molecule has 1 N–H and O–H groups in total. The smallest absolute Gasteiger partial charge is 0.145 e. The molecule has 104 valence electrons. The van der Waals surface area contributed by atoms with E-state index in [9.17, 15) is 0 Å². The van der Waals surface area contributed by atoms with Crippen LogP contribution in [0.15, 0.2) is 36.0 Å². The van der Waals surface area contributed by atoms with E-state index in [0.29, 0.717) is 5.02 Å². The fourth-order valence-corrected chi connectivity index (χ4v) is 1.94. The van der Waals surface area contributed by atoms with Gasteiger partial charge in [0.15, 0.2) is 0 Å². The molecule has 21 heavy (non-hydrogen) atoms. The first-order valence-electron chi connectivity index (χ1n) is 6.16. The highest BCUT2D eigenvalue weighted by molar-refractivity contribution is 6.31. The maximum atomic E-state index is 8.65. The second-order valence-corrected chi connectivity index (χ2v) is 4.75. The van der Waals surface area contributed by atoms with E-state index in [2.05, 4.69) is 10.4 Å². The van der Waals surface area contributed by atoms with E-state index in [-0.39, 0.29) is 5.57 Å². The number of aryl methyl sites for hydroxylation is 1. The summed E-state index contributed by atoms with van der Waals surface area (Å²) in [7, 11) is 0. The van der Waals surface area contributed by atoms with Crippen LogP contribution in [-0.4, -0.2) is 9.78 Å². The minimum absolute atomic E-state index is 0.0180. The minimum atomic E-state index is 0.0180. The first kappa shape index (κ1) is 14.6. The van der Waals surface area contributed by atoms with Crippen LogP contribution in [0.5, 0.6) is 0 Å². The molecular formula is C15H12ClN5. The molecule has 1 aromatic heterocycles. The molecule has 0 spiro atoms. The number of nitrogens with one attached hydrogen (secondary N) is 1. The van der Waals surface area contributed by atoms with E-state index in [4.69, 9.17) is 22.1 Å². The number of anilines is 1. The lowest BCUT2D eigenvalue weighted by atomic mass is 10.2. The molecule has 0 radical (unpaired) electrons. The van der Waals surface area contributed by atoms with Crippen LogP contribution >= 0.6 is 11.6 Å². The number of aromatic nitrogens is 2. The van der Waals surface area contributed by atoms with Crippen LogP contribution in [0.1, 0.15) is 11.4 Å². The maximum absolute atomic E-state index is 8.65. The summed E-state index contributed by atoms with van der Waals surface area (Å²) in [6, 6.07) is 11.0. The largest absolute Gasteiger partial charge is 0.360 e. The summed E-state index contributed by atoms with van der Waals surface area (Å²) in [4.78, 5) is 0. The van der Waals surface area contributed by atoms with Crippen molar-refractivity contribution in [2.24, 2.45) is 0 Å². The van der Waals surface area contributed by atoms with E-state index >= 15 is 0 Å². The third kappa shape index (κ3) is 3.05. The molecule has 0 aliphatic rings. The monoisotopic (exact) mass is 297 g/mol. The highest BCUT2D eigenvalue weighted by Crippen LogP contribution is 2.23. The van der Waals surface area contributed by atoms with Crippen molar-refractivity contribution in [3.63, 3.8) is 0 Å². The van der Waals surface area contributed by atoms with Crippen LogP contribution in [0.4, 0.5) is 5.69 Å². The lowest BCUT2D eigenvalue weighted by Crippen LogP contribution is -1.99. The molecule has 0 saturated heterocycles. The van der Waals surface area contributed by atoms with Gasteiger partial charge in [-0.2, -0.15) is 15.6 Å². The van der Waals surface area contributed by atoms with Crippen LogP contribution in [0.2, 0.25) is 5.02 Å². The van der Waals surface area contributed by atoms with Crippen molar-refractivity contribution in [2.75, 3.05) is 5.32 Å². The highest BCUT2D eigenvalue weighted by Gasteiger charge is 2.10. The van der Waals surface area contributed by atoms with E-state index in [1.54, 1.807) is 16.8 Å². The van der Waals surface area contributed by atoms with Gasteiger partial charge in [0, 0.05) is 11.9 Å². The number of rotatable bonds is 3. The van der Waals surface area contributed by atoms with Gasteiger partial charge in [-0.15, -0.1) is 0 Å². The Balaban J connectivity index is 2.24. The molecule has 0 fully saturated rings. The van der Waals surface area contributed by atoms with Gasteiger partial charge in [-0.05, 0) is 38.1 Å². The zero-order valence-corrected chi connectivity index (χ0v) is 12.3. The van der Waals surface area contributed by atoms with Gasteiger partial charge in [-0.1, -0.05) is 11.6 Å². The van der Waals surface area contributed by atoms with Gasteiger partial charge >= 0.3 is 0 Å². The number of nitriles is 2. The lowest BCUT2D eigenvalue weighted by molar-refractivity contribution is 0.834. The molecule has 1 aromatic carbocycles. The Morgan fingerprint density at radius 2 is 1.86 bits per heavy atom. The van der Waals surface area contributed by atoms with Gasteiger partial charge in [-0.25, -0.2) is 4.68 Å². The van der Waals surface area contributed by atoms with Crippen molar-refractivity contribution in [1.29, 1.82) is 10.5 Å². The Bertz CT molecular complexity index is 756. The number of allylic oxidation sites excluding steroid dienone is 1. The summed E-state index contributed by atoms with van der Waals surface area (Å²) in [5.41, 5.74) is 3.34. The van der Waals surface area contributed by atoms with Crippen LogP contribution in [0, 0.1) is 36.5 Å². The van der Waals surface area contributed by atoms with Crippen molar-refractivity contribution in [1.82, 2.24) is 9.78 Å². The van der Waals surface area contributed by atoms with Crippen LogP contribution < -0.4 is 5.32 Å². The van der Waals surface area contributed by atoms with Gasteiger partial charge < -0.3 is 5.32 Å². The lowest BCUT2D eigenvalue weighted by Gasteiger charge is -2.06. The highest BCUT2D eigenvalue weighted by atomic mass is 35.5. The summed E-state index contributed by atoms with van der Waals surface area (Å²) in [6.07, 6.45) is 1.37. The Hall–Kier alpha value is -2.76. The molecule has 0 unspecified atom stereocenters. The molecule has 2 aromatic rings. The third-order valence-corrected chi connectivity index (χ3v) is 3.49. The van der Waals surface area contributed by atoms with Gasteiger partial charge in [0.2, 0.25) is 0 Å². The Kier molecular flexibility index (Phi) is 4.27. The van der Waals surface area contributed by atoms with Crippen molar-refractivity contribution in [3.05, 3.63) is 52.4 Å². The Morgan fingerprint density at radius 3 is 2.33 bits per heavy atom. The molecule has 6 heteroatoms. The molecule has 0 amide bonds. The van der Waals surface area contributed by atoms with Gasteiger partial charge in [0.25, 0.3) is 0 Å². The number of nitrogens with zero attached hydrogens (tertiary/aromatic N) is 4. The Morgan fingerprint density at radius 1 is 1.24 bits per heavy atom. The summed E-state index contributed by atoms with van der Waals surface area (Å²) in [5.74, 6) is 0. The van der Waals surface area contributed by atoms with Crippen molar-refractivity contribution >= 4 is 17.3 Å². The van der Waals surface area contributed by atoms with Crippen LogP contribution in [0.25, 0.3) is 5.69 Å². The van der Waals surface area contributed by atoms with Gasteiger partial charge in [-0.3, -0.25) is 0 Å². The van der Waals surface area contributed by atoms with Crippen molar-refractivity contribution in [3.8, 4) is 17.8 Å². The average molecular weight is 298 g/mol. The zero-order valence-electron chi connectivity index (χ0n) is 11.6. The first-order chi connectivity index (χ1) is 10.1. The van der Waals surface area contributed by atoms with Crippen molar-refractivity contribution < 1.29 is 0 Å². The summed E-state index contributed by atoms with van der Waals surface area (Å²) in [6.45, 7) is 3.77.